The van der Waals surface area contributed by atoms with Crippen molar-refractivity contribution in [1.29, 1.82) is 0 Å². The van der Waals surface area contributed by atoms with Gasteiger partial charge in [-0.05, 0) is 79.4 Å². The molecule has 2 aliphatic heterocycles. The molecule has 1 saturated heterocycles. The summed E-state index contributed by atoms with van der Waals surface area (Å²) in [5.74, 6) is 1.65. The van der Waals surface area contributed by atoms with E-state index >= 15 is 0 Å². The number of likely N-dealkylation sites (tertiary alicyclic amines) is 1. The van der Waals surface area contributed by atoms with Crippen LogP contribution in [0.15, 0.2) is 0 Å². The number of hydrogen-bond acceptors (Lipinski definition) is 4. The van der Waals surface area contributed by atoms with E-state index in [2.05, 4.69) is 34.2 Å². The Hall–Kier alpha value is -1.32. The number of carbonyl (C=O) groups is 2. The predicted octanol–water partition coefficient (Wildman–Crippen LogP) is 4.77. The van der Waals surface area contributed by atoms with Gasteiger partial charge >= 0.3 is 6.09 Å². The van der Waals surface area contributed by atoms with Gasteiger partial charge in [0, 0.05) is 44.2 Å². The molecule has 32 heavy (non-hydrogen) atoms. The fourth-order valence-corrected chi connectivity index (χ4v) is 6.46. The van der Waals surface area contributed by atoms with Crippen molar-refractivity contribution in [3.05, 3.63) is 15.0 Å². The molecule has 1 aromatic rings. The van der Waals surface area contributed by atoms with Crippen LogP contribution >= 0.6 is 22.6 Å². The quantitative estimate of drug-likeness (QED) is 0.387. The molecule has 1 aromatic heterocycles. The Morgan fingerprint density at radius 3 is 2.38 bits per heavy atom. The Morgan fingerprint density at radius 1 is 1.03 bits per heavy atom. The Bertz CT molecular complexity index is 810. The Balaban J connectivity index is 1.27. The molecule has 178 valence electrons. The highest BCUT2D eigenvalue weighted by molar-refractivity contribution is 14.1. The SMILES string of the molecule is CCCCOC(=O)N1CCC(C2CCC(n3nc(I)c4c3CCN(C(C)=O)C4)CC2)CC1. The number of rotatable bonds is 5. The van der Waals surface area contributed by atoms with Gasteiger partial charge in [0.1, 0.15) is 3.70 Å². The van der Waals surface area contributed by atoms with Crippen molar-refractivity contribution in [3.63, 3.8) is 0 Å². The van der Waals surface area contributed by atoms with E-state index in [-0.39, 0.29) is 12.0 Å². The molecule has 1 saturated carbocycles. The van der Waals surface area contributed by atoms with Crippen molar-refractivity contribution in [2.24, 2.45) is 11.8 Å². The topological polar surface area (TPSA) is 67.7 Å². The van der Waals surface area contributed by atoms with Crippen molar-refractivity contribution < 1.29 is 14.3 Å². The summed E-state index contributed by atoms with van der Waals surface area (Å²) in [5, 5.41) is 4.91. The van der Waals surface area contributed by atoms with Gasteiger partial charge in [0.25, 0.3) is 0 Å². The van der Waals surface area contributed by atoms with Gasteiger partial charge in [0.15, 0.2) is 0 Å². The molecule has 0 atom stereocenters. The molecule has 4 rings (SSSR count). The molecule has 0 bridgehead atoms. The van der Waals surface area contributed by atoms with E-state index in [1.807, 2.05) is 9.80 Å². The lowest BCUT2D eigenvalue weighted by atomic mass is 9.74. The molecule has 0 unspecified atom stereocenters. The van der Waals surface area contributed by atoms with Gasteiger partial charge in [-0.3, -0.25) is 9.48 Å². The number of halogens is 1. The van der Waals surface area contributed by atoms with E-state index in [1.165, 1.54) is 36.9 Å². The lowest BCUT2D eigenvalue weighted by Crippen LogP contribution is -2.41. The third-order valence-electron chi connectivity index (χ3n) is 7.76. The number of unbranched alkanes of at least 4 members (excludes halogenated alkanes) is 1. The number of carbonyl (C=O) groups excluding carboxylic acids is 2. The highest BCUT2D eigenvalue weighted by atomic mass is 127. The highest BCUT2D eigenvalue weighted by Gasteiger charge is 2.34. The van der Waals surface area contributed by atoms with Crippen molar-refractivity contribution in [3.8, 4) is 0 Å². The number of hydrogen-bond donors (Lipinski definition) is 0. The summed E-state index contributed by atoms with van der Waals surface area (Å²) in [6.45, 7) is 7.50. The summed E-state index contributed by atoms with van der Waals surface area (Å²) in [6, 6.07) is 0.487. The molecule has 7 nitrogen and oxygen atoms in total. The van der Waals surface area contributed by atoms with Gasteiger partial charge in [-0.15, -0.1) is 0 Å². The third-order valence-corrected chi connectivity index (χ3v) is 8.62. The van der Waals surface area contributed by atoms with Crippen LogP contribution in [0.2, 0.25) is 0 Å². The number of fused-ring (bicyclic) bond motifs is 1. The predicted molar refractivity (Wildman–Crippen MR) is 131 cm³/mol. The maximum Gasteiger partial charge on any atom is 0.409 e. The molecule has 0 radical (unpaired) electrons. The number of aromatic nitrogens is 2. The molecule has 2 fully saturated rings. The zero-order valence-corrected chi connectivity index (χ0v) is 21.7. The minimum absolute atomic E-state index is 0.123. The van der Waals surface area contributed by atoms with Gasteiger partial charge < -0.3 is 14.5 Å². The van der Waals surface area contributed by atoms with E-state index in [0.717, 1.165) is 67.3 Å². The average Bonchev–Trinajstić information content (AvgIpc) is 3.15. The van der Waals surface area contributed by atoms with Gasteiger partial charge in [-0.25, -0.2) is 4.79 Å². The van der Waals surface area contributed by atoms with Crippen LogP contribution < -0.4 is 0 Å². The molecule has 8 heteroatoms. The van der Waals surface area contributed by atoms with Crippen LogP contribution in [-0.4, -0.2) is 57.8 Å². The average molecular weight is 556 g/mol. The minimum Gasteiger partial charge on any atom is -0.449 e. The van der Waals surface area contributed by atoms with E-state index in [9.17, 15) is 9.59 Å². The van der Waals surface area contributed by atoms with Crippen LogP contribution in [0.1, 0.15) is 82.5 Å². The number of piperidine rings is 1. The van der Waals surface area contributed by atoms with Crippen molar-refractivity contribution >= 4 is 34.6 Å². The second kappa shape index (κ2) is 10.7. The van der Waals surface area contributed by atoms with Crippen molar-refractivity contribution in [2.75, 3.05) is 26.2 Å². The second-order valence-corrected chi connectivity index (χ2v) is 10.7. The standard InChI is InChI=1S/C24H37IN4O3/c1-3-4-15-32-24(31)27-12-9-19(10-13-27)18-5-7-20(8-6-18)29-22-11-14-28(17(2)30)16-21(22)23(25)26-29/h18-20H,3-16H2,1-2H3. The summed E-state index contributed by atoms with van der Waals surface area (Å²) in [7, 11) is 0. The fraction of sp³-hybridized carbons (Fsp3) is 0.792. The van der Waals surface area contributed by atoms with Crippen LogP contribution in [0.3, 0.4) is 0 Å². The molecular weight excluding hydrogens is 519 g/mol. The Labute approximate surface area is 205 Å². The Kier molecular flexibility index (Phi) is 8.00. The molecule has 2 amide bonds. The summed E-state index contributed by atoms with van der Waals surface area (Å²) in [4.78, 5) is 27.8. The Morgan fingerprint density at radius 2 is 1.72 bits per heavy atom. The van der Waals surface area contributed by atoms with Gasteiger partial charge in [0.2, 0.25) is 5.91 Å². The number of nitrogens with zero attached hydrogens (tertiary/aromatic N) is 4. The fourth-order valence-electron chi connectivity index (χ4n) is 5.74. The van der Waals surface area contributed by atoms with Crippen LogP contribution in [0.5, 0.6) is 0 Å². The maximum absolute atomic E-state index is 12.2. The van der Waals surface area contributed by atoms with Crippen molar-refractivity contribution in [1.82, 2.24) is 19.6 Å². The maximum atomic E-state index is 12.2. The summed E-state index contributed by atoms with van der Waals surface area (Å²) in [6.07, 6.45) is 9.87. The molecule has 0 spiro atoms. The van der Waals surface area contributed by atoms with Crippen molar-refractivity contribution in [2.45, 2.75) is 84.2 Å². The van der Waals surface area contributed by atoms with Crippen LogP contribution in [0.4, 0.5) is 4.79 Å². The normalized spacial score (nSPS) is 24.3. The first kappa shape index (κ1) is 23.8. The lowest BCUT2D eigenvalue weighted by Gasteiger charge is -2.39. The van der Waals surface area contributed by atoms with Gasteiger partial charge in [-0.1, -0.05) is 13.3 Å². The van der Waals surface area contributed by atoms with Crippen LogP contribution in [-0.2, 0) is 22.5 Å². The summed E-state index contributed by atoms with van der Waals surface area (Å²) in [5.41, 5.74) is 2.61. The molecule has 3 aliphatic rings. The van der Waals surface area contributed by atoms with Gasteiger partial charge in [-0.2, -0.15) is 5.10 Å². The first-order valence-corrected chi connectivity index (χ1v) is 13.5. The molecule has 3 heterocycles. The monoisotopic (exact) mass is 556 g/mol. The van der Waals surface area contributed by atoms with E-state index in [1.54, 1.807) is 6.92 Å². The van der Waals surface area contributed by atoms with Gasteiger partial charge in [0.05, 0.1) is 19.2 Å². The molecule has 0 aromatic carbocycles. The van der Waals surface area contributed by atoms with E-state index in [4.69, 9.17) is 9.84 Å². The lowest BCUT2D eigenvalue weighted by molar-refractivity contribution is -0.129. The zero-order valence-electron chi connectivity index (χ0n) is 19.5. The number of amides is 2. The summed E-state index contributed by atoms with van der Waals surface area (Å²) >= 11 is 2.34. The number of ether oxygens (including phenoxy) is 1. The molecule has 0 N–H and O–H groups in total. The summed E-state index contributed by atoms with van der Waals surface area (Å²) < 4.78 is 8.75. The molecular formula is C24H37IN4O3. The zero-order chi connectivity index (χ0) is 22.7. The minimum atomic E-state index is -0.123. The third kappa shape index (κ3) is 5.25. The largest absolute Gasteiger partial charge is 0.449 e. The van der Waals surface area contributed by atoms with Crippen LogP contribution in [0, 0.1) is 15.5 Å². The molecule has 1 aliphatic carbocycles. The van der Waals surface area contributed by atoms with E-state index in [0.29, 0.717) is 19.2 Å². The van der Waals surface area contributed by atoms with Crippen LogP contribution in [0.25, 0.3) is 0 Å². The smallest absolute Gasteiger partial charge is 0.409 e. The first-order chi connectivity index (χ1) is 15.5. The first-order valence-electron chi connectivity index (χ1n) is 12.4. The highest BCUT2D eigenvalue weighted by Crippen LogP contribution is 2.41. The second-order valence-electron chi connectivity index (χ2n) is 9.71. The van der Waals surface area contributed by atoms with E-state index < -0.39 is 0 Å².